The van der Waals surface area contributed by atoms with Crippen molar-refractivity contribution >= 4 is 11.8 Å². The van der Waals surface area contributed by atoms with Crippen LogP contribution in [0.4, 0.5) is 5.82 Å². The fraction of sp³-hybridized carbons (Fsp3) is 0.727. The van der Waals surface area contributed by atoms with Crippen LogP contribution in [-0.2, 0) is 0 Å². The zero-order valence-electron chi connectivity index (χ0n) is 16.7. The molecule has 3 saturated heterocycles. The molecule has 148 valence electrons. The van der Waals surface area contributed by atoms with Crippen LogP contribution in [0.2, 0.25) is 0 Å². The Morgan fingerprint density at radius 1 is 1.26 bits per heavy atom. The van der Waals surface area contributed by atoms with Crippen molar-refractivity contribution in [2.75, 3.05) is 24.5 Å². The summed E-state index contributed by atoms with van der Waals surface area (Å²) in [5, 5.41) is 9.30. The van der Waals surface area contributed by atoms with Crippen LogP contribution in [0.15, 0.2) is 18.2 Å². The topological polar surface area (TPSA) is 56.7 Å². The first-order chi connectivity index (χ1) is 13.0. The van der Waals surface area contributed by atoms with Crippen molar-refractivity contribution in [2.24, 2.45) is 17.8 Å². The van der Waals surface area contributed by atoms with Crippen LogP contribution in [0.5, 0.6) is 0 Å². The summed E-state index contributed by atoms with van der Waals surface area (Å²) in [6, 6.07) is 6.79. The van der Waals surface area contributed by atoms with E-state index in [2.05, 4.69) is 28.6 Å². The highest BCUT2D eigenvalue weighted by Crippen LogP contribution is 2.43. The van der Waals surface area contributed by atoms with Gasteiger partial charge >= 0.3 is 5.97 Å². The number of hydrogen-bond acceptors (Lipinski definition) is 4. The second-order valence-electron chi connectivity index (χ2n) is 9.19. The van der Waals surface area contributed by atoms with E-state index >= 15 is 0 Å². The maximum absolute atomic E-state index is 11.3. The number of aromatic carboxylic acids is 1. The van der Waals surface area contributed by atoms with E-state index in [0.717, 1.165) is 24.8 Å². The molecule has 0 unspecified atom stereocenters. The molecule has 1 aromatic heterocycles. The predicted molar refractivity (Wildman–Crippen MR) is 107 cm³/mol. The lowest BCUT2D eigenvalue weighted by Gasteiger charge is -2.57. The zero-order chi connectivity index (χ0) is 19.0. The molecule has 4 rings (SSSR count). The quantitative estimate of drug-likeness (QED) is 0.851. The Balaban J connectivity index is 1.57. The fourth-order valence-corrected chi connectivity index (χ4v) is 5.72. The van der Waals surface area contributed by atoms with Crippen molar-refractivity contribution in [3.8, 4) is 0 Å². The number of hydrogen-bond donors (Lipinski definition) is 1. The molecule has 4 atom stereocenters. The third-order valence-corrected chi connectivity index (χ3v) is 6.94. The zero-order valence-corrected chi connectivity index (χ0v) is 16.7. The Morgan fingerprint density at radius 3 is 2.85 bits per heavy atom. The van der Waals surface area contributed by atoms with Crippen molar-refractivity contribution < 1.29 is 9.90 Å². The highest BCUT2D eigenvalue weighted by molar-refractivity contribution is 5.85. The molecule has 27 heavy (non-hydrogen) atoms. The summed E-state index contributed by atoms with van der Waals surface area (Å²) in [5.74, 6) is 2.01. The minimum Gasteiger partial charge on any atom is -0.477 e. The largest absolute Gasteiger partial charge is 0.477 e. The molecule has 3 aliphatic heterocycles. The number of piperidine rings is 3. The number of pyridine rings is 1. The van der Waals surface area contributed by atoms with Crippen molar-refractivity contribution in [3.05, 3.63) is 23.9 Å². The van der Waals surface area contributed by atoms with Gasteiger partial charge in [0.1, 0.15) is 5.82 Å². The summed E-state index contributed by atoms with van der Waals surface area (Å²) in [4.78, 5) is 21.0. The number of carboxylic acid groups (broad SMARTS) is 1. The van der Waals surface area contributed by atoms with Crippen LogP contribution in [0.25, 0.3) is 0 Å². The van der Waals surface area contributed by atoms with E-state index in [0.29, 0.717) is 23.9 Å². The van der Waals surface area contributed by atoms with Gasteiger partial charge in [-0.25, -0.2) is 9.78 Å². The van der Waals surface area contributed by atoms with E-state index in [1.165, 1.54) is 45.1 Å². The Hall–Kier alpha value is -1.62. The molecule has 4 heterocycles. The molecule has 0 amide bonds. The lowest BCUT2D eigenvalue weighted by molar-refractivity contribution is -0.0369. The van der Waals surface area contributed by atoms with Gasteiger partial charge in [-0.2, -0.15) is 0 Å². The van der Waals surface area contributed by atoms with Gasteiger partial charge in [0, 0.05) is 25.2 Å². The smallest absolute Gasteiger partial charge is 0.354 e. The average molecular weight is 372 g/mol. The SMILES string of the molecule is CC(C)CC[C@H]1[C@H]2C[C@H](CN(c3cccc(C(=O)O)n3)C2)[C@@H]2CCCCN21. The molecule has 3 aliphatic rings. The van der Waals surface area contributed by atoms with Crippen molar-refractivity contribution in [2.45, 2.75) is 64.5 Å². The summed E-state index contributed by atoms with van der Waals surface area (Å²) >= 11 is 0. The molecule has 5 nitrogen and oxygen atoms in total. The number of nitrogens with zero attached hydrogens (tertiary/aromatic N) is 3. The standard InChI is InChI=1S/C22H33N3O2/c1-15(2)9-10-20-17-12-16(19-7-3-4-11-25(19)20)13-24(14-17)21-8-5-6-18(23-21)22(26)27/h5-6,8,15-17,19-20H,3-4,7,9-14H2,1-2H3,(H,26,27)/t16-,17+,19+,20+/m1/s1. The number of anilines is 1. The molecule has 0 aliphatic carbocycles. The number of fused-ring (bicyclic) bond motifs is 4. The van der Waals surface area contributed by atoms with Gasteiger partial charge in [-0.05, 0) is 68.5 Å². The monoisotopic (exact) mass is 371 g/mol. The lowest BCUT2D eigenvalue weighted by Crippen LogP contribution is -2.63. The maximum atomic E-state index is 11.3. The van der Waals surface area contributed by atoms with E-state index in [1.54, 1.807) is 6.07 Å². The second kappa shape index (κ2) is 7.78. The van der Waals surface area contributed by atoms with E-state index in [1.807, 2.05) is 12.1 Å². The Morgan fingerprint density at radius 2 is 2.07 bits per heavy atom. The summed E-state index contributed by atoms with van der Waals surface area (Å²) in [5.41, 5.74) is 0.152. The number of aromatic nitrogens is 1. The van der Waals surface area contributed by atoms with E-state index < -0.39 is 5.97 Å². The molecule has 0 saturated carbocycles. The summed E-state index contributed by atoms with van der Waals surface area (Å²) < 4.78 is 0. The number of rotatable bonds is 5. The number of carboxylic acids is 1. The van der Waals surface area contributed by atoms with E-state index in [-0.39, 0.29) is 5.69 Å². The Bertz CT molecular complexity index is 677. The maximum Gasteiger partial charge on any atom is 0.354 e. The molecule has 0 radical (unpaired) electrons. The molecule has 1 N–H and O–H groups in total. The molecule has 2 bridgehead atoms. The first-order valence-corrected chi connectivity index (χ1v) is 10.7. The molecule has 5 heteroatoms. The molecular weight excluding hydrogens is 338 g/mol. The fourth-order valence-electron chi connectivity index (χ4n) is 5.72. The van der Waals surface area contributed by atoms with Crippen molar-refractivity contribution in [3.63, 3.8) is 0 Å². The average Bonchev–Trinajstić information content (AvgIpc) is 2.67. The van der Waals surface area contributed by atoms with Gasteiger partial charge < -0.3 is 10.0 Å². The van der Waals surface area contributed by atoms with Gasteiger partial charge in [0.2, 0.25) is 0 Å². The van der Waals surface area contributed by atoms with E-state index in [4.69, 9.17) is 0 Å². The van der Waals surface area contributed by atoms with Gasteiger partial charge in [-0.1, -0.05) is 26.3 Å². The Kier molecular flexibility index (Phi) is 5.40. The van der Waals surface area contributed by atoms with Crippen LogP contribution in [0, 0.1) is 17.8 Å². The minimum atomic E-state index is -0.942. The highest BCUT2D eigenvalue weighted by Gasteiger charge is 2.47. The first-order valence-electron chi connectivity index (χ1n) is 10.7. The van der Waals surface area contributed by atoms with Gasteiger partial charge in [-0.15, -0.1) is 0 Å². The van der Waals surface area contributed by atoms with Crippen molar-refractivity contribution in [1.29, 1.82) is 0 Å². The second-order valence-corrected chi connectivity index (χ2v) is 9.19. The predicted octanol–water partition coefficient (Wildman–Crippen LogP) is 3.90. The van der Waals surface area contributed by atoms with Gasteiger partial charge in [0.15, 0.2) is 5.69 Å². The van der Waals surface area contributed by atoms with Gasteiger partial charge in [0.25, 0.3) is 0 Å². The molecule has 0 aromatic carbocycles. The summed E-state index contributed by atoms with van der Waals surface area (Å²) in [6.45, 7) is 7.96. The Labute approximate surface area is 162 Å². The summed E-state index contributed by atoms with van der Waals surface area (Å²) in [7, 11) is 0. The molecule has 0 spiro atoms. The van der Waals surface area contributed by atoms with Gasteiger partial charge in [0.05, 0.1) is 0 Å². The van der Waals surface area contributed by atoms with Crippen molar-refractivity contribution in [1.82, 2.24) is 9.88 Å². The molecular formula is C22H33N3O2. The molecule has 1 aromatic rings. The molecule has 3 fully saturated rings. The van der Waals surface area contributed by atoms with Crippen LogP contribution < -0.4 is 4.90 Å². The summed E-state index contributed by atoms with van der Waals surface area (Å²) in [6.07, 6.45) is 7.95. The van der Waals surface area contributed by atoms with Crippen LogP contribution >= 0.6 is 0 Å². The lowest BCUT2D eigenvalue weighted by atomic mass is 9.71. The van der Waals surface area contributed by atoms with Crippen LogP contribution in [-0.4, -0.2) is 52.7 Å². The van der Waals surface area contributed by atoms with Crippen LogP contribution in [0.3, 0.4) is 0 Å². The minimum absolute atomic E-state index is 0.152. The van der Waals surface area contributed by atoms with Gasteiger partial charge in [-0.3, -0.25) is 4.90 Å². The normalized spacial score (nSPS) is 31.0. The van der Waals surface area contributed by atoms with Crippen LogP contribution in [0.1, 0.15) is 62.9 Å². The van der Waals surface area contributed by atoms with E-state index in [9.17, 15) is 9.90 Å². The third-order valence-electron chi connectivity index (χ3n) is 6.94. The third kappa shape index (κ3) is 3.84. The number of carbonyl (C=O) groups is 1. The first kappa shape index (κ1) is 18.7. The highest BCUT2D eigenvalue weighted by atomic mass is 16.4.